The summed E-state index contributed by atoms with van der Waals surface area (Å²) in [6.07, 6.45) is 0.988. The van der Waals surface area contributed by atoms with Gasteiger partial charge in [0.2, 0.25) is 47.3 Å². The van der Waals surface area contributed by atoms with Crippen LogP contribution < -0.4 is 54.4 Å². The number of hydrogen-bond acceptors (Lipinski definition) is 11. The number of amides is 8. The van der Waals surface area contributed by atoms with Gasteiger partial charge in [0.15, 0.2) is 5.96 Å². The molecule has 0 aliphatic carbocycles. The summed E-state index contributed by atoms with van der Waals surface area (Å²) in [6, 6.07) is -2.02. The lowest BCUT2D eigenvalue weighted by molar-refractivity contribution is -0.139. The molecule has 1 aromatic heterocycles. The summed E-state index contributed by atoms with van der Waals surface area (Å²) in [5.41, 5.74) is 17.8. The molecule has 64 heavy (non-hydrogen) atoms. The molecule has 23 heteroatoms. The third kappa shape index (κ3) is 17.9. The molecule has 0 aliphatic heterocycles. The maximum Gasteiger partial charge on any atom is 0.303 e. The van der Waals surface area contributed by atoms with Gasteiger partial charge in [-0.3, -0.25) is 48.1 Å². The van der Waals surface area contributed by atoms with E-state index >= 15 is 0 Å². The molecular weight excluding hydrogens is 837 g/mol. The van der Waals surface area contributed by atoms with Gasteiger partial charge in [-0.1, -0.05) is 45.9 Å². The number of aliphatic carboxylic acids is 1. The second-order valence-electron chi connectivity index (χ2n) is 16.1. The van der Waals surface area contributed by atoms with Crippen molar-refractivity contribution in [3.8, 4) is 0 Å². The van der Waals surface area contributed by atoms with Crippen LogP contribution in [0.3, 0.4) is 0 Å². The molecule has 0 spiro atoms. The fraction of sp³-hybridized carbons (Fsp3) is 0.561. The number of para-hydroxylation sites is 1. The van der Waals surface area contributed by atoms with E-state index in [1.807, 2.05) is 24.3 Å². The number of hydrogen-bond donors (Lipinski definition) is 13. The van der Waals surface area contributed by atoms with Crippen LogP contribution in [-0.4, -0.2) is 130 Å². The average Bonchev–Trinajstić information content (AvgIpc) is 3.62. The molecule has 8 amide bonds. The number of rotatable bonds is 27. The van der Waals surface area contributed by atoms with Crippen molar-refractivity contribution in [3.05, 3.63) is 36.0 Å². The Morgan fingerprint density at radius 3 is 1.81 bits per heavy atom. The standard InChI is InChI=1S/C41H64N12O11/c1-20(2)16-29(34(42)58)51-39(63)31(19-54)52-35(59)22(5)47-40(64)33(21(3)4)53-37(61)28(13-14-32(56)57)50-36(60)27(12-9-15-45-41(43)44)49-38(62)30(48-23(6)55)17-24-18-46-26-11-8-7-10-25(24)26/h7-8,10-11,18,20-22,27-31,33,46,54H,9,12-17,19H2,1-6H3,(H2,42,58)(H,47,64)(H,48,55)(H,49,62)(H,50,60)(H,51,63)(H,52,59)(H,53,61)(H,56,57)(H4,43,44,45)/t22-,27-,28-,29-,30-,31-,33-/m0/s1. The summed E-state index contributed by atoms with van der Waals surface area (Å²) < 4.78 is 0. The van der Waals surface area contributed by atoms with Crippen molar-refractivity contribution in [2.45, 2.75) is 122 Å². The predicted octanol–water partition coefficient (Wildman–Crippen LogP) is -2.76. The van der Waals surface area contributed by atoms with E-state index in [4.69, 9.17) is 17.2 Å². The van der Waals surface area contributed by atoms with Crippen LogP contribution in [0.25, 0.3) is 10.9 Å². The van der Waals surface area contributed by atoms with E-state index in [9.17, 15) is 53.4 Å². The minimum Gasteiger partial charge on any atom is -0.481 e. The van der Waals surface area contributed by atoms with Crippen LogP contribution >= 0.6 is 0 Å². The number of carbonyl (C=O) groups is 9. The topological polar surface area (TPSA) is 385 Å². The molecule has 2 rings (SSSR count). The summed E-state index contributed by atoms with van der Waals surface area (Å²) in [6.45, 7) is 8.45. The maximum absolute atomic E-state index is 14.0. The van der Waals surface area contributed by atoms with Crippen molar-refractivity contribution in [1.82, 2.24) is 42.2 Å². The molecule has 0 saturated carbocycles. The molecule has 0 radical (unpaired) electrons. The van der Waals surface area contributed by atoms with Crippen LogP contribution in [0.2, 0.25) is 0 Å². The lowest BCUT2D eigenvalue weighted by Crippen LogP contribution is -2.60. The van der Waals surface area contributed by atoms with Crippen LogP contribution in [0.1, 0.15) is 79.2 Å². The number of nitrogens with two attached hydrogens (primary N) is 3. The quantitative estimate of drug-likeness (QED) is 0.0246. The summed E-state index contributed by atoms with van der Waals surface area (Å²) in [4.78, 5) is 124. The van der Waals surface area contributed by atoms with Gasteiger partial charge in [-0.15, -0.1) is 0 Å². The normalized spacial score (nSPS) is 14.4. The number of aromatic nitrogens is 1. The molecule has 0 fully saturated rings. The van der Waals surface area contributed by atoms with Gasteiger partial charge in [0.05, 0.1) is 6.61 Å². The number of fused-ring (bicyclic) bond motifs is 1. The first-order valence-corrected chi connectivity index (χ1v) is 20.9. The number of aliphatic hydroxyl groups excluding tert-OH is 1. The fourth-order valence-electron chi connectivity index (χ4n) is 6.47. The molecule has 0 unspecified atom stereocenters. The number of guanidine groups is 1. The summed E-state index contributed by atoms with van der Waals surface area (Å²) in [5, 5.41) is 37.5. The van der Waals surface area contributed by atoms with Crippen molar-refractivity contribution >= 4 is 70.1 Å². The average molecular weight is 901 g/mol. The molecule has 1 heterocycles. The number of carboxylic acids is 1. The number of H-pyrrole nitrogens is 1. The molecule has 23 nitrogen and oxygen atoms in total. The number of aliphatic imine (C=N–C) groups is 1. The number of carboxylic acid groups (broad SMARTS) is 1. The highest BCUT2D eigenvalue weighted by atomic mass is 16.4. The van der Waals surface area contributed by atoms with Gasteiger partial charge in [-0.2, -0.15) is 0 Å². The molecule has 1 aromatic carbocycles. The highest BCUT2D eigenvalue weighted by Crippen LogP contribution is 2.19. The number of nitrogens with zero attached hydrogens (tertiary/aromatic N) is 1. The molecule has 16 N–H and O–H groups in total. The SMILES string of the molecule is CC(=O)N[C@@H](Cc1c[nH]c2ccccc12)C(=O)N[C@@H](CCCN=C(N)N)C(=O)N[C@@H](CCC(=O)O)C(=O)N[C@H](C(=O)N[C@@H](C)C(=O)N[C@@H](CO)C(=O)N[C@@H](CC(C)C)C(N)=O)C(C)C. The second kappa shape index (κ2) is 26.0. The third-order valence-electron chi connectivity index (χ3n) is 9.83. The predicted molar refractivity (Wildman–Crippen MR) is 234 cm³/mol. The highest BCUT2D eigenvalue weighted by Gasteiger charge is 2.34. The summed E-state index contributed by atoms with van der Waals surface area (Å²) in [7, 11) is 0. The van der Waals surface area contributed by atoms with Crippen molar-refractivity contribution in [1.29, 1.82) is 0 Å². The zero-order valence-electron chi connectivity index (χ0n) is 37.0. The Kier molecular flexibility index (Phi) is 21.7. The largest absolute Gasteiger partial charge is 0.481 e. The van der Waals surface area contributed by atoms with E-state index in [-0.39, 0.29) is 44.1 Å². The zero-order valence-corrected chi connectivity index (χ0v) is 37.0. The summed E-state index contributed by atoms with van der Waals surface area (Å²) >= 11 is 0. The molecular formula is C41H64N12O11. The minimum atomic E-state index is -1.56. The molecule has 2 aromatic rings. The van der Waals surface area contributed by atoms with E-state index < -0.39 is 121 Å². The Hall–Kier alpha value is -6.78. The van der Waals surface area contributed by atoms with E-state index in [1.165, 1.54) is 13.8 Å². The number of nitrogens with one attached hydrogen (secondary N) is 8. The molecule has 0 saturated heterocycles. The van der Waals surface area contributed by atoms with Crippen LogP contribution in [0.4, 0.5) is 0 Å². The molecule has 0 bridgehead atoms. The Morgan fingerprint density at radius 1 is 0.688 bits per heavy atom. The first kappa shape index (κ1) is 53.4. The minimum absolute atomic E-state index is 0.0245. The van der Waals surface area contributed by atoms with E-state index in [0.29, 0.717) is 5.56 Å². The number of carbonyl (C=O) groups excluding carboxylic acids is 8. The van der Waals surface area contributed by atoms with Gasteiger partial charge >= 0.3 is 5.97 Å². The van der Waals surface area contributed by atoms with Crippen molar-refractivity contribution in [2.75, 3.05) is 13.2 Å². The van der Waals surface area contributed by atoms with E-state index in [1.54, 1.807) is 33.9 Å². The maximum atomic E-state index is 14.0. The molecule has 354 valence electrons. The van der Waals surface area contributed by atoms with E-state index in [0.717, 1.165) is 10.9 Å². The highest BCUT2D eigenvalue weighted by molar-refractivity contribution is 5.98. The molecule has 0 aliphatic rings. The van der Waals surface area contributed by atoms with Crippen molar-refractivity contribution < 1.29 is 53.4 Å². The van der Waals surface area contributed by atoms with Crippen LogP contribution in [0.5, 0.6) is 0 Å². The van der Waals surface area contributed by atoms with Crippen molar-refractivity contribution in [3.63, 3.8) is 0 Å². The van der Waals surface area contributed by atoms with Gasteiger partial charge in [-0.25, -0.2) is 0 Å². The Balaban J connectivity index is 2.28. The third-order valence-corrected chi connectivity index (χ3v) is 9.83. The van der Waals surface area contributed by atoms with Crippen molar-refractivity contribution in [2.24, 2.45) is 34.0 Å². The van der Waals surface area contributed by atoms with Gasteiger partial charge in [0.25, 0.3) is 0 Å². The Bertz CT molecular complexity index is 2000. The first-order chi connectivity index (χ1) is 30.0. The molecule has 7 atom stereocenters. The van der Waals surface area contributed by atoms with Crippen LogP contribution in [0.15, 0.2) is 35.5 Å². The van der Waals surface area contributed by atoms with Gasteiger partial charge < -0.3 is 69.6 Å². The summed E-state index contributed by atoms with van der Waals surface area (Å²) in [5.74, 6) is -8.79. The first-order valence-electron chi connectivity index (χ1n) is 20.9. The monoisotopic (exact) mass is 900 g/mol. The lowest BCUT2D eigenvalue weighted by Gasteiger charge is -2.28. The number of aromatic amines is 1. The smallest absolute Gasteiger partial charge is 0.303 e. The number of benzene rings is 1. The lowest BCUT2D eigenvalue weighted by atomic mass is 10.0. The fourth-order valence-corrected chi connectivity index (χ4v) is 6.47. The van der Waals surface area contributed by atoms with Gasteiger partial charge in [0.1, 0.15) is 42.3 Å². The van der Waals surface area contributed by atoms with Crippen LogP contribution in [-0.2, 0) is 49.6 Å². The number of primary amides is 1. The van der Waals surface area contributed by atoms with Gasteiger partial charge in [0, 0.05) is 43.4 Å². The zero-order chi connectivity index (χ0) is 48.3. The Labute approximate surface area is 370 Å². The second-order valence-corrected chi connectivity index (χ2v) is 16.1. The van der Waals surface area contributed by atoms with Crippen LogP contribution in [0, 0.1) is 11.8 Å². The number of aliphatic hydroxyl groups is 1. The Morgan fingerprint density at radius 2 is 1.25 bits per heavy atom. The van der Waals surface area contributed by atoms with Gasteiger partial charge in [-0.05, 0) is 56.1 Å². The van der Waals surface area contributed by atoms with E-state index in [2.05, 4.69) is 47.2 Å².